The average Bonchev–Trinajstić information content (AvgIpc) is 2.24. The summed E-state index contributed by atoms with van der Waals surface area (Å²) in [7, 11) is 0. The monoisotopic (exact) mass is 228 g/mol. The molecule has 0 saturated carbocycles. The number of nitrogens with zero attached hydrogens (tertiary/aromatic N) is 1. The fraction of sp³-hybridized carbons (Fsp3) is 0.364. The van der Waals surface area contributed by atoms with Crippen LogP contribution in [0.2, 0.25) is 0 Å². The molecular formula is C11H11F3N2. The maximum absolute atomic E-state index is 12.3. The van der Waals surface area contributed by atoms with Gasteiger partial charge in [-0.15, -0.1) is 12.3 Å². The number of nitrogens with one attached hydrogen (secondary N) is 1. The third-order valence-electron chi connectivity index (χ3n) is 1.89. The summed E-state index contributed by atoms with van der Waals surface area (Å²) in [6.45, 7) is 0.512. The molecule has 1 rings (SSSR count). The Kier molecular flexibility index (Phi) is 4.18. The van der Waals surface area contributed by atoms with Crippen molar-refractivity contribution in [2.24, 2.45) is 0 Å². The number of terminal acetylenes is 1. The van der Waals surface area contributed by atoms with Crippen molar-refractivity contribution in [2.45, 2.75) is 19.0 Å². The van der Waals surface area contributed by atoms with E-state index in [4.69, 9.17) is 6.42 Å². The van der Waals surface area contributed by atoms with Gasteiger partial charge in [0.1, 0.15) is 5.82 Å². The second kappa shape index (κ2) is 5.40. The van der Waals surface area contributed by atoms with Gasteiger partial charge in [0.25, 0.3) is 0 Å². The molecule has 0 amide bonds. The first-order valence-electron chi connectivity index (χ1n) is 4.74. The Labute approximate surface area is 91.9 Å². The normalized spacial score (nSPS) is 10.9. The Morgan fingerprint density at radius 2 is 2.19 bits per heavy atom. The van der Waals surface area contributed by atoms with E-state index in [-0.39, 0.29) is 5.82 Å². The van der Waals surface area contributed by atoms with E-state index in [1.807, 2.05) is 0 Å². The van der Waals surface area contributed by atoms with Crippen LogP contribution < -0.4 is 5.32 Å². The molecule has 0 aliphatic rings. The van der Waals surface area contributed by atoms with E-state index >= 15 is 0 Å². The van der Waals surface area contributed by atoms with Crippen LogP contribution in [0.25, 0.3) is 0 Å². The first kappa shape index (κ1) is 12.4. The number of pyridine rings is 1. The highest BCUT2D eigenvalue weighted by Crippen LogP contribution is 2.29. The minimum Gasteiger partial charge on any atom is -0.370 e. The molecular weight excluding hydrogens is 217 g/mol. The molecule has 1 aromatic rings. The van der Waals surface area contributed by atoms with Crippen molar-refractivity contribution in [2.75, 3.05) is 11.9 Å². The molecule has 1 aromatic heterocycles. The smallest absolute Gasteiger partial charge is 0.370 e. The molecule has 86 valence electrons. The van der Waals surface area contributed by atoms with Crippen LogP contribution in [0.1, 0.15) is 18.4 Å². The molecule has 0 bridgehead atoms. The molecule has 1 heterocycles. The minimum atomic E-state index is -4.34. The van der Waals surface area contributed by atoms with E-state index in [9.17, 15) is 13.2 Å². The van der Waals surface area contributed by atoms with Gasteiger partial charge in [-0.2, -0.15) is 13.2 Å². The number of alkyl halides is 3. The number of unbranched alkanes of at least 4 members (excludes halogenated alkanes) is 1. The van der Waals surface area contributed by atoms with Crippen LogP contribution in [-0.4, -0.2) is 11.5 Å². The third-order valence-corrected chi connectivity index (χ3v) is 1.89. The van der Waals surface area contributed by atoms with Gasteiger partial charge in [-0.3, -0.25) is 0 Å². The molecule has 0 radical (unpaired) electrons. The highest BCUT2D eigenvalue weighted by atomic mass is 19.4. The summed E-state index contributed by atoms with van der Waals surface area (Å²) in [6, 6.07) is 1.92. The fourth-order valence-electron chi connectivity index (χ4n) is 1.11. The molecule has 16 heavy (non-hydrogen) atoms. The van der Waals surface area contributed by atoms with Crippen LogP contribution in [0, 0.1) is 12.3 Å². The Bertz CT molecular complexity index is 380. The first-order valence-corrected chi connectivity index (χ1v) is 4.74. The lowest BCUT2D eigenvalue weighted by Crippen LogP contribution is -2.08. The zero-order valence-electron chi connectivity index (χ0n) is 8.51. The fourth-order valence-corrected chi connectivity index (χ4v) is 1.11. The molecule has 1 N–H and O–H groups in total. The molecule has 2 nitrogen and oxygen atoms in total. The standard InChI is InChI=1S/C11H11F3N2/c1-2-3-4-6-15-10-8-9(5-7-16-10)11(12,13)14/h1,5,7-8H,3-4,6H2,(H,15,16). The molecule has 5 heteroatoms. The van der Waals surface area contributed by atoms with Crippen LogP contribution in [0.5, 0.6) is 0 Å². The van der Waals surface area contributed by atoms with Crippen molar-refractivity contribution >= 4 is 5.82 Å². The zero-order valence-corrected chi connectivity index (χ0v) is 8.51. The number of halogens is 3. The molecule has 0 unspecified atom stereocenters. The van der Waals surface area contributed by atoms with Crippen molar-refractivity contribution in [1.82, 2.24) is 4.98 Å². The SMILES string of the molecule is C#CCCCNc1cc(C(F)(F)F)ccn1. The third kappa shape index (κ3) is 3.81. The van der Waals surface area contributed by atoms with Crippen LogP contribution in [0.15, 0.2) is 18.3 Å². The highest BCUT2D eigenvalue weighted by molar-refractivity contribution is 5.38. The predicted molar refractivity (Wildman–Crippen MR) is 55.8 cm³/mol. The highest BCUT2D eigenvalue weighted by Gasteiger charge is 2.30. The second-order valence-electron chi connectivity index (χ2n) is 3.16. The van der Waals surface area contributed by atoms with Crippen molar-refractivity contribution in [3.05, 3.63) is 23.9 Å². The van der Waals surface area contributed by atoms with Gasteiger partial charge in [0.05, 0.1) is 5.56 Å². The van der Waals surface area contributed by atoms with Gasteiger partial charge in [0.2, 0.25) is 0 Å². The van der Waals surface area contributed by atoms with Crippen molar-refractivity contribution in [1.29, 1.82) is 0 Å². The summed E-state index contributed by atoms with van der Waals surface area (Å²) in [5.74, 6) is 2.66. The molecule has 0 saturated heterocycles. The van der Waals surface area contributed by atoms with E-state index in [1.54, 1.807) is 0 Å². The van der Waals surface area contributed by atoms with E-state index in [2.05, 4.69) is 16.2 Å². The largest absolute Gasteiger partial charge is 0.416 e. The second-order valence-corrected chi connectivity index (χ2v) is 3.16. The average molecular weight is 228 g/mol. The lowest BCUT2D eigenvalue weighted by Gasteiger charge is -2.09. The van der Waals surface area contributed by atoms with E-state index in [0.29, 0.717) is 19.4 Å². The summed E-state index contributed by atoms with van der Waals surface area (Å²) < 4.78 is 37.0. The maximum atomic E-state index is 12.3. The summed E-state index contributed by atoms with van der Waals surface area (Å²) >= 11 is 0. The number of anilines is 1. The van der Waals surface area contributed by atoms with Crippen molar-refractivity contribution in [3.8, 4) is 12.3 Å². The van der Waals surface area contributed by atoms with Crippen LogP contribution in [0.3, 0.4) is 0 Å². The molecule has 0 aliphatic heterocycles. The van der Waals surface area contributed by atoms with E-state index in [0.717, 1.165) is 18.3 Å². The number of rotatable bonds is 4. The molecule has 0 aliphatic carbocycles. The summed E-state index contributed by atoms with van der Waals surface area (Å²) in [5.41, 5.74) is -0.707. The van der Waals surface area contributed by atoms with Gasteiger partial charge in [0.15, 0.2) is 0 Å². The Morgan fingerprint density at radius 3 is 2.81 bits per heavy atom. The predicted octanol–water partition coefficient (Wildman–Crippen LogP) is 2.93. The van der Waals surface area contributed by atoms with Crippen molar-refractivity contribution < 1.29 is 13.2 Å². The molecule has 0 atom stereocenters. The maximum Gasteiger partial charge on any atom is 0.416 e. The minimum absolute atomic E-state index is 0.215. The zero-order chi connectivity index (χ0) is 12.0. The van der Waals surface area contributed by atoms with Gasteiger partial charge in [-0.25, -0.2) is 4.98 Å². The van der Waals surface area contributed by atoms with Crippen LogP contribution >= 0.6 is 0 Å². The number of hydrogen-bond donors (Lipinski definition) is 1. The Balaban J connectivity index is 2.58. The number of hydrogen-bond acceptors (Lipinski definition) is 2. The Morgan fingerprint density at radius 1 is 1.44 bits per heavy atom. The van der Waals surface area contributed by atoms with E-state index < -0.39 is 11.7 Å². The topological polar surface area (TPSA) is 24.9 Å². The lowest BCUT2D eigenvalue weighted by molar-refractivity contribution is -0.137. The molecule has 0 aromatic carbocycles. The number of aromatic nitrogens is 1. The first-order chi connectivity index (χ1) is 7.54. The summed E-state index contributed by atoms with van der Waals surface area (Å²) in [6.07, 6.45) is 3.14. The summed E-state index contributed by atoms with van der Waals surface area (Å²) in [5, 5.41) is 2.79. The summed E-state index contributed by atoms with van der Waals surface area (Å²) in [4.78, 5) is 3.79. The van der Waals surface area contributed by atoms with Gasteiger partial charge in [0, 0.05) is 19.2 Å². The molecule has 0 spiro atoms. The Hall–Kier alpha value is -1.70. The lowest BCUT2D eigenvalue weighted by atomic mass is 10.2. The van der Waals surface area contributed by atoms with Gasteiger partial charge in [-0.05, 0) is 18.6 Å². The van der Waals surface area contributed by atoms with Crippen LogP contribution in [0.4, 0.5) is 19.0 Å². The van der Waals surface area contributed by atoms with Crippen LogP contribution in [-0.2, 0) is 6.18 Å². The van der Waals surface area contributed by atoms with E-state index in [1.165, 1.54) is 0 Å². The quantitative estimate of drug-likeness (QED) is 0.633. The van der Waals surface area contributed by atoms with Crippen molar-refractivity contribution in [3.63, 3.8) is 0 Å². The molecule has 0 fully saturated rings. The van der Waals surface area contributed by atoms with Gasteiger partial charge >= 0.3 is 6.18 Å². The van der Waals surface area contributed by atoms with Gasteiger partial charge in [-0.1, -0.05) is 0 Å². The van der Waals surface area contributed by atoms with Gasteiger partial charge < -0.3 is 5.32 Å².